The highest BCUT2D eigenvalue weighted by Crippen LogP contribution is 2.28. The smallest absolute Gasteiger partial charge is 0.435 e. The van der Waals surface area contributed by atoms with Crippen LogP contribution in [-0.2, 0) is 4.74 Å². The molecule has 0 bridgehead atoms. The van der Waals surface area contributed by atoms with E-state index in [-0.39, 0.29) is 0 Å². The molecule has 0 aromatic carbocycles. The van der Waals surface area contributed by atoms with Gasteiger partial charge in [-0.25, -0.2) is 4.79 Å². The largest absolute Gasteiger partial charge is 0.442 e. The number of rotatable bonds is 1. The summed E-state index contributed by atoms with van der Waals surface area (Å²) in [6, 6.07) is 1.89. The van der Waals surface area contributed by atoms with E-state index in [1.54, 1.807) is 0 Å². The number of nitrogen functional groups attached to an aromatic ring is 1. The highest BCUT2D eigenvalue weighted by Gasteiger charge is 2.22. The minimum atomic E-state index is -0.566. The topological polar surface area (TPSA) is 70.1 Å². The van der Waals surface area contributed by atoms with Crippen LogP contribution < -0.4 is 5.73 Å². The molecule has 96 valence electrons. The van der Waals surface area contributed by atoms with Crippen molar-refractivity contribution < 1.29 is 9.53 Å². The second-order valence-corrected chi connectivity index (χ2v) is 5.63. The Morgan fingerprint density at radius 2 is 2.22 bits per heavy atom. The zero-order chi connectivity index (χ0) is 13.3. The number of carbonyl (C=O) groups is 1. The van der Waals surface area contributed by atoms with E-state index in [0.717, 1.165) is 5.56 Å². The highest BCUT2D eigenvalue weighted by molar-refractivity contribution is 7.08. The van der Waals surface area contributed by atoms with Crippen molar-refractivity contribution in [3.05, 3.63) is 23.0 Å². The van der Waals surface area contributed by atoms with Crippen molar-refractivity contribution in [3.8, 4) is 11.3 Å². The lowest BCUT2D eigenvalue weighted by atomic mass is 10.2. The fourth-order valence-electron chi connectivity index (χ4n) is 1.49. The quantitative estimate of drug-likeness (QED) is 0.860. The molecule has 0 radical (unpaired) electrons. The van der Waals surface area contributed by atoms with Crippen LogP contribution in [0, 0.1) is 0 Å². The van der Waals surface area contributed by atoms with Gasteiger partial charge in [-0.2, -0.15) is 21.1 Å². The number of ether oxygens (including phenoxy) is 1. The van der Waals surface area contributed by atoms with Crippen molar-refractivity contribution in [2.24, 2.45) is 0 Å². The predicted octanol–water partition coefficient (Wildman–Crippen LogP) is 2.98. The van der Waals surface area contributed by atoms with Crippen molar-refractivity contribution >= 4 is 23.1 Å². The minimum absolute atomic E-state index is 0.458. The number of hydrogen-bond donors (Lipinski definition) is 1. The first-order valence-electron chi connectivity index (χ1n) is 5.48. The molecule has 18 heavy (non-hydrogen) atoms. The van der Waals surface area contributed by atoms with E-state index in [1.165, 1.54) is 22.2 Å². The molecule has 0 aliphatic carbocycles. The third kappa shape index (κ3) is 2.53. The lowest BCUT2D eigenvalue weighted by Gasteiger charge is -2.19. The summed E-state index contributed by atoms with van der Waals surface area (Å²) in [4.78, 5) is 12.0. The van der Waals surface area contributed by atoms with Crippen molar-refractivity contribution in [1.29, 1.82) is 0 Å². The van der Waals surface area contributed by atoms with Crippen molar-refractivity contribution in [2.75, 3.05) is 5.73 Å². The molecule has 0 amide bonds. The Bertz CT molecular complexity index is 552. The zero-order valence-corrected chi connectivity index (χ0v) is 11.3. The van der Waals surface area contributed by atoms with Crippen molar-refractivity contribution in [2.45, 2.75) is 26.4 Å². The summed E-state index contributed by atoms with van der Waals surface area (Å²) < 4.78 is 6.48. The summed E-state index contributed by atoms with van der Waals surface area (Å²) in [5.74, 6) is 0. The Labute approximate surface area is 109 Å². The van der Waals surface area contributed by atoms with Gasteiger partial charge in [0.1, 0.15) is 11.3 Å². The van der Waals surface area contributed by atoms with Crippen LogP contribution in [0.2, 0.25) is 0 Å². The monoisotopic (exact) mass is 265 g/mol. The van der Waals surface area contributed by atoms with Crippen LogP contribution in [0.5, 0.6) is 0 Å². The number of aromatic nitrogens is 2. The van der Waals surface area contributed by atoms with Gasteiger partial charge in [0.25, 0.3) is 0 Å². The summed E-state index contributed by atoms with van der Waals surface area (Å²) in [5, 5.41) is 7.81. The number of carbonyl (C=O) groups excluding carboxylic acids is 1. The third-order valence-electron chi connectivity index (χ3n) is 2.16. The van der Waals surface area contributed by atoms with Crippen molar-refractivity contribution in [3.63, 3.8) is 0 Å². The molecule has 2 aromatic rings. The molecule has 0 saturated heterocycles. The average Bonchev–Trinajstić information content (AvgIpc) is 2.82. The standard InChI is InChI=1S/C12H15N3O2S/c1-12(2,3)17-11(16)15-10(9(13)6-14-15)8-4-5-18-7-8/h4-7H,13H2,1-3H3. The minimum Gasteiger partial charge on any atom is -0.442 e. The molecule has 0 unspecified atom stereocenters. The van der Waals surface area contributed by atoms with Gasteiger partial charge in [-0.1, -0.05) is 0 Å². The number of nitrogens with two attached hydrogens (primary N) is 1. The first kappa shape index (κ1) is 12.6. The molecule has 0 saturated carbocycles. The first-order chi connectivity index (χ1) is 8.38. The lowest BCUT2D eigenvalue weighted by Crippen LogP contribution is -2.28. The van der Waals surface area contributed by atoms with E-state index in [0.29, 0.717) is 11.4 Å². The molecular formula is C12H15N3O2S. The Morgan fingerprint density at radius 1 is 1.50 bits per heavy atom. The fourth-order valence-corrected chi connectivity index (χ4v) is 2.13. The van der Waals surface area contributed by atoms with Crippen LogP contribution in [-0.4, -0.2) is 21.5 Å². The van der Waals surface area contributed by atoms with Gasteiger partial charge in [-0.15, -0.1) is 0 Å². The van der Waals surface area contributed by atoms with E-state index < -0.39 is 11.7 Å². The van der Waals surface area contributed by atoms with Gasteiger partial charge >= 0.3 is 6.09 Å². The average molecular weight is 265 g/mol. The maximum Gasteiger partial charge on any atom is 0.435 e. The Balaban J connectivity index is 2.38. The van der Waals surface area contributed by atoms with Gasteiger partial charge in [0.2, 0.25) is 0 Å². The molecule has 0 aliphatic rings. The van der Waals surface area contributed by atoms with Gasteiger partial charge in [0.05, 0.1) is 11.9 Å². The zero-order valence-electron chi connectivity index (χ0n) is 10.5. The predicted molar refractivity (Wildman–Crippen MR) is 71.6 cm³/mol. The van der Waals surface area contributed by atoms with Crippen LogP contribution in [0.15, 0.2) is 23.0 Å². The molecule has 2 heterocycles. The summed E-state index contributed by atoms with van der Waals surface area (Å²) in [6.07, 6.45) is 0.928. The third-order valence-corrected chi connectivity index (χ3v) is 2.84. The van der Waals surface area contributed by atoms with E-state index >= 15 is 0 Å². The maximum absolute atomic E-state index is 12.0. The van der Waals surface area contributed by atoms with Gasteiger partial charge in [0.15, 0.2) is 0 Å². The van der Waals surface area contributed by atoms with E-state index in [1.807, 2.05) is 37.6 Å². The molecule has 0 atom stereocenters. The Hall–Kier alpha value is -1.82. The highest BCUT2D eigenvalue weighted by atomic mass is 32.1. The number of thiophene rings is 1. The van der Waals surface area contributed by atoms with Crippen LogP contribution in [0.3, 0.4) is 0 Å². The number of anilines is 1. The molecule has 0 aliphatic heterocycles. The fraction of sp³-hybridized carbons (Fsp3) is 0.333. The summed E-state index contributed by atoms with van der Waals surface area (Å²) in [6.45, 7) is 5.42. The second-order valence-electron chi connectivity index (χ2n) is 4.85. The molecule has 6 heteroatoms. The maximum atomic E-state index is 12.0. The summed E-state index contributed by atoms with van der Waals surface area (Å²) in [5.41, 5.74) is 7.18. The van der Waals surface area contributed by atoms with Crippen LogP contribution in [0.4, 0.5) is 10.5 Å². The number of hydrogen-bond acceptors (Lipinski definition) is 5. The van der Waals surface area contributed by atoms with E-state index in [2.05, 4.69) is 5.10 Å². The molecule has 0 fully saturated rings. The van der Waals surface area contributed by atoms with E-state index in [4.69, 9.17) is 10.5 Å². The SMILES string of the molecule is CC(C)(C)OC(=O)n1ncc(N)c1-c1ccsc1. The van der Waals surface area contributed by atoms with Crippen LogP contribution >= 0.6 is 11.3 Å². The normalized spacial score (nSPS) is 11.5. The molecule has 2 aromatic heterocycles. The molecule has 5 nitrogen and oxygen atoms in total. The second kappa shape index (κ2) is 4.45. The molecule has 0 spiro atoms. The Morgan fingerprint density at radius 3 is 2.78 bits per heavy atom. The lowest BCUT2D eigenvalue weighted by molar-refractivity contribution is 0.0518. The van der Waals surface area contributed by atoms with Gasteiger partial charge in [0, 0.05) is 10.9 Å². The van der Waals surface area contributed by atoms with Gasteiger partial charge in [-0.3, -0.25) is 0 Å². The van der Waals surface area contributed by atoms with Crippen molar-refractivity contribution in [1.82, 2.24) is 9.78 Å². The molecule has 2 rings (SSSR count). The van der Waals surface area contributed by atoms with Crippen LogP contribution in [0.1, 0.15) is 20.8 Å². The summed E-state index contributed by atoms with van der Waals surface area (Å²) in [7, 11) is 0. The van der Waals surface area contributed by atoms with E-state index in [9.17, 15) is 4.79 Å². The molecular weight excluding hydrogens is 250 g/mol. The first-order valence-corrected chi connectivity index (χ1v) is 6.42. The Kier molecular flexibility index (Phi) is 3.13. The van der Waals surface area contributed by atoms with Gasteiger partial charge in [-0.05, 0) is 32.2 Å². The number of nitrogens with zero attached hydrogens (tertiary/aromatic N) is 2. The van der Waals surface area contributed by atoms with Gasteiger partial charge < -0.3 is 10.5 Å². The van der Waals surface area contributed by atoms with Crippen LogP contribution in [0.25, 0.3) is 11.3 Å². The summed E-state index contributed by atoms with van der Waals surface area (Å²) >= 11 is 1.53. The molecule has 2 N–H and O–H groups in total.